The predicted molar refractivity (Wildman–Crippen MR) is 143 cm³/mol. The highest BCUT2D eigenvalue weighted by Gasteiger charge is 2.14. The third-order valence-corrected chi connectivity index (χ3v) is 6.62. The van der Waals surface area contributed by atoms with Gasteiger partial charge < -0.3 is 0 Å². The second-order valence-electron chi connectivity index (χ2n) is 8.70. The number of nitrogens with zero attached hydrogens (tertiary/aromatic N) is 2. The molecule has 1 aromatic heterocycles. The van der Waals surface area contributed by atoms with Gasteiger partial charge in [-0.3, -0.25) is 0 Å². The summed E-state index contributed by atoms with van der Waals surface area (Å²) in [6.45, 7) is 0. The molecule has 6 aromatic carbocycles. The molecular weight excluding hydrogens is 412 g/mol. The van der Waals surface area contributed by atoms with E-state index in [1.165, 1.54) is 26.9 Å². The Balaban J connectivity index is 1.56. The van der Waals surface area contributed by atoms with Crippen molar-refractivity contribution < 1.29 is 0 Å². The molecule has 2 heteroatoms. The van der Waals surface area contributed by atoms with Crippen LogP contribution in [0.25, 0.3) is 65.9 Å². The lowest BCUT2D eigenvalue weighted by atomic mass is 9.99. The Labute approximate surface area is 197 Å². The molecule has 7 rings (SSSR count). The molecular formula is C32H20N2. The zero-order valence-electron chi connectivity index (χ0n) is 18.4. The zero-order valence-corrected chi connectivity index (χ0v) is 18.4. The van der Waals surface area contributed by atoms with Gasteiger partial charge in [0.2, 0.25) is 0 Å². The summed E-state index contributed by atoms with van der Waals surface area (Å²) in [7, 11) is 0. The molecule has 0 aliphatic carbocycles. The van der Waals surface area contributed by atoms with Crippen molar-refractivity contribution in [3.8, 4) is 22.6 Å². The second kappa shape index (κ2) is 7.50. The Bertz CT molecular complexity index is 1870. The summed E-state index contributed by atoms with van der Waals surface area (Å²) in [4.78, 5) is 10.3. The van der Waals surface area contributed by atoms with Crippen molar-refractivity contribution in [2.45, 2.75) is 0 Å². The lowest BCUT2D eigenvalue weighted by molar-refractivity contribution is 1.24. The molecule has 1 heterocycles. The van der Waals surface area contributed by atoms with E-state index in [2.05, 4.69) is 121 Å². The second-order valence-corrected chi connectivity index (χ2v) is 8.70. The SMILES string of the molecule is c1ccc2cc(-c3nc(-c4ccc5ccccc5c4)c4ccc5ccccc5c4n3)ccc2c1. The number of fused-ring (bicyclic) bond motifs is 5. The van der Waals surface area contributed by atoms with E-state index in [9.17, 15) is 0 Å². The molecule has 158 valence electrons. The molecule has 0 unspecified atom stereocenters. The van der Waals surface area contributed by atoms with Crippen LogP contribution in [0.3, 0.4) is 0 Å². The van der Waals surface area contributed by atoms with Crippen LogP contribution in [0.2, 0.25) is 0 Å². The van der Waals surface area contributed by atoms with Crippen LogP contribution in [0.4, 0.5) is 0 Å². The summed E-state index contributed by atoms with van der Waals surface area (Å²) in [6, 6.07) is 42.7. The summed E-state index contributed by atoms with van der Waals surface area (Å²) < 4.78 is 0. The van der Waals surface area contributed by atoms with Gasteiger partial charge in [-0.15, -0.1) is 0 Å². The maximum atomic E-state index is 5.15. The number of aromatic nitrogens is 2. The maximum Gasteiger partial charge on any atom is 0.160 e. The van der Waals surface area contributed by atoms with Gasteiger partial charge in [0.1, 0.15) is 0 Å². The van der Waals surface area contributed by atoms with Crippen LogP contribution in [0.1, 0.15) is 0 Å². The minimum Gasteiger partial charge on any atom is -0.227 e. The standard InChI is InChI=1S/C32H20N2/c1-3-10-24-19-26(15-13-21(24)7-1)30-29-18-17-23-9-5-6-12-28(23)31(29)34-32(33-30)27-16-14-22-8-2-4-11-25(22)20-27/h1-20H. The largest absolute Gasteiger partial charge is 0.227 e. The highest BCUT2D eigenvalue weighted by Crippen LogP contribution is 2.34. The van der Waals surface area contributed by atoms with Gasteiger partial charge in [-0.1, -0.05) is 103 Å². The van der Waals surface area contributed by atoms with Crippen molar-refractivity contribution in [3.63, 3.8) is 0 Å². The molecule has 2 nitrogen and oxygen atoms in total. The molecule has 0 saturated carbocycles. The normalized spacial score (nSPS) is 11.5. The van der Waals surface area contributed by atoms with E-state index in [4.69, 9.17) is 9.97 Å². The van der Waals surface area contributed by atoms with E-state index in [1.807, 2.05) is 0 Å². The minimum atomic E-state index is 0.748. The van der Waals surface area contributed by atoms with E-state index in [0.29, 0.717) is 0 Å². The smallest absolute Gasteiger partial charge is 0.160 e. The van der Waals surface area contributed by atoms with Crippen LogP contribution in [0.5, 0.6) is 0 Å². The maximum absolute atomic E-state index is 5.15. The zero-order chi connectivity index (χ0) is 22.5. The van der Waals surface area contributed by atoms with Crippen LogP contribution in [-0.2, 0) is 0 Å². The van der Waals surface area contributed by atoms with Gasteiger partial charge >= 0.3 is 0 Å². The number of benzene rings is 6. The first kappa shape index (κ1) is 19.0. The van der Waals surface area contributed by atoms with E-state index in [0.717, 1.165) is 38.9 Å². The molecule has 0 radical (unpaired) electrons. The van der Waals surface area contributed by atoms with E-state index in [1.54, 1.807) is 0 Å². The fourth-order valence-corrected chi connectivity index (χ4v) is 4.88. The summed E-state index contributed by atoms with van der Waals surface area (Å²) in [5.41, 5.74) is 4.07. The fraction of sp³-hybridized carbons (Fsp3) is 0. The van der Waals surface area contributed by atoms with Crippen LogP contribution in [0, 0.1) is 0 Å². The highest BCUT2D eigenvalue weighted by atomic mass is 14.9. The third-order valence-electron chi connectivity index (χ3n) is 6.62. The van der Waals surface area contributed by atoms with Crippen molar-refractivity contribution in [2.24, 2.45) is 0 Å². The van der Waals surface area contributed by atoms with E-state index in [-0.39, 0.29) is 0 Å². The molecule has 0 atom stereocenters. The molecule has 0 amide bonds. The van der Waals surface area contributed by atoms with Crippen LogP contribution in [0.15, 0.2) is 121 Å². The van der Waals surface area contributed by atoms with Crippen molar-refractivity contribution in [3.05, 3.63) is 121 Å². The monoisotopic (exact) mass is 432 g/mol. The Kier molecular flexibility index (Phi) is 4.18. The summed E-state index contributed by atoms with van der Waals surface area (Å²) >= 11 is 0. The third kappa shape index (κ3) is 3.04. The van der Waals surface area contributed by atoms with Crippen LogP contribution >= 0.6 is 0 Å². The fourth-order valence-electron chi connectivity index (χ4n) is 4.88. The van der Waals surface area contributed by atoms with Gasteiger partial charge in [0.05, 0.1) is 11.2 Å². The predicted octanol–water partition coefficient (Wildman–Crippen LogP) is 8.42. The molecule has 0 aliphatic rings. The van der Waals surface area contributed by atoms with Gasteiger partial charge in [-0.25, -0.2) is 9.97 Å². The molecule has 7 aromatic rings. The van der Waals surface area contributed by atoms with Crippen molar-refractivity contribution in [2.75, 3.05) is 0 Å². The first-order valence-electron chi connectivity index (χ1n) is 11.5. The average molecular weight is 433 g/mol. The molecule has 0 saturated heterocycles. The Morgan fingerprint density at radius 3 is 1.68 bits per heavy atom. The lowest BCUT2D eigenvalue weighted by Crippen LogP contribution is -1.96. The average Bonchev–Trinajstić information content (AvgIpc) is 2.91. The summed E-state index contributed by atoms with van der Waals surface area (Å²) in [5, 5.41) is 8.23. The van der Waals surface area contributed by atoms with Crippen molar-refractivity contribution >= 4 is 43.2 Å². The number of hydrogen-bond acceptors (Lipinski definition) is 2. The van der Waals surface area contributed by atoms with Gasteiger partial charge in [-0.2, -0.15) is 0 Å². The topological polar surface area (TPSA) is 25.8 Å². The molecule has 0 bridgehead atoms. The van der Waals surface area contributed by atoms with Gasteiger partial charge in [0.25, 0.3) is 0 Å². The summed E-state index contributed by atoms with van der Waals surface area (Å²) in [5.74, 6) is 0.748. The van der Waals surface area contributed by atoms with E-state index < -0.39 is 0 Å². The summed E-state index contributed by atoms with van der Waals surface area (Å²) in [6.07, 6.45) is 0. The molecule has 34 heavy (non-hydrogen) atoms. The van der Waals surface area contributed by atoms with Gasteiger partial charge in [0, 0.05) is 21.9 Å². The Morgan fingerprint density at radius 2 is 0.941 bits per heavy atom. The molecule has 0 N–H and O–H groups in total. The van der Waals surface area contributed by atoms with Crippen LogP contribution < -0.4 is 0 Å². The molecule has 0 aliphatic heterocycles. The lowest BCUT2D eigenvalue weighted by Gasteiger charge is -2.12. The van der Waals surface area contributed by atoms with Gasteiger partial charge in [-0.05, 0) is 45.1 Å². The number of rotatable bonds is 2. The number of hydrogen-bond donors (Lipinski definition) is 0. The minimum absolute atomic E-state index is 0.748. The Hall–Kier alpha value is -4.56. The van der Waals surface area contributed by atoms with Crippen molar-refractivity contribution in [1.29, 1.82) is 0 Å². The van der Waals surface area contributed by atoms with Crippen LogP contribution in [-0.4, -0.2) is 9.97 Å². The first-order chi connectivity index (χ1) is 16.8. The van der Waals surface area contributed by atoms with E-state index >= 15 is 0 Å². The van der Waals surface area contributed by atoms with Gasteiger partial charge in [0.15, 0.2) is 5.82 Å². The molecule has 0 spiro atoms. The van der Waals surface area contributed by atoms with Crippen molar-refractivity contribution in [1.82, 2.24) is 9.97 Å². The highest BCUT2D eigenvalue weighted by molar-refractivity contribution is 6.10. The first-order valence-corrected chi connectivity index (χ1v) is 11.5. The Morgan fingerprint density at radius 1 is 0.382 bits per heavy atom. The quantitative estimate of drug-likeness (QED) is 0.256. The molecule has 0 fully saturated rings.